The summed E-state index contributed by atoms with van der Waals surface area (Å²) >= 11 is 0. The van der Waals surface area contributed by atoms with Crippen molar-refractivity contribution in [3.05, 3.63) is 102 Å². The Hall–Kier alpha value is -3.90. The molecule has 1 aliphatic rings. The molecule has 2 N–H and O–H groups in total. The van der Waals surface area contributed by atoms with Crippen molar-refractivity contribution in [3.8, 4) is 5.75 Å². The maximum atomic E-state index is 14.7. The molecule has 0 aliphatic carbocycles. The van der Waals surface area contributed by atoms with Crippen LogP contribution in [-0.2, 0) is 0 Å². The van der Waals surface area contributed by atoms with E-state index in [1.54, 1.807) is 30.3 Å². The van der Waals surface area contributed by atoms with Gasteiger partial charge in [-0.25, -0.2) is 9.18 Å². The zero-order valence-corrected chi connectivity index (χ0v) is 19.4. The molecule has 0 amide bonds. The van der Waals surface area contributed by atoms with Crippen LogP contribution in [0.25, 0.3) is 10.8 Å². The third-order valence-corrected chi connectivity index (χ3v) is 6.52. The highest BCUT2D eigenvalue weighted by atomic mass is 19.1. The molecule has 0 saturated carbocycles. The van der Waals surface area contributed by atoms with Gasteiger partial charge in [0, 0.05) is 11.7 Å². The van der Waals surface area contributed by atoms with Crippen LogP contribution >= 0.6 is 0 Å². The van der Waals surface area contributed by atoms with Gasteiger partial charge in [-0.05, 0) is 66.6 Å². The van der Waals surface area contributed by atoms with E-state index in [1.807, 2.05) is 23.1 Å². The SMILES string of the molecule is C[C@@H](NCCC1CN(c2cccc(C(=O)O)c2)c2cccc(F)c2O1)c1cccc2ccccc12. The fraction of sp³-hybridized carbons (Fsp3) is 0.207. The Balaban J connectivity index is 1.33. The number of ether oxygens (including phenoxy) is 1. The van der Waals surface area contributed by atoms with Gasteiger partial charge < -0.3 is 20.1 Å². The van der Waals surface area contributed by atoms with Crippen molar-refractivity contribution in [1.82, 2.24) is 5.32 Å². The van der Waals surface area contributed by atoms with Crippen molar-refractivity contribution >= 4 is 28.1 Å². The van der Waals surface area contributed by atoms with Gasteiger partial charge in [0.05, 0.1) is 17.8 Å². The minimum absolute atomic E-state index is 0.136. The number of carbonyl (C=O) groups is 1. The summed E-state index contributed by atoms with van der Waals surface area (Å²) < 4.78 is 20.8. The Labute approximate surface area is 203 Å². The quantitative estimate of drug-likeness (QED) is 0.331. The first-order chi connectivity index (χ1) is 17.0. The topological polar surface area (TPSA) is 61.8 Å². The van der Waals surface area contributed by atoms with Crippen LogP contribution in [0.2, 0.25) is 0 Å². The minimum Gasteiger partial charge on any atom is -0.483 e. The smallest absolute Gasteiger partial charge is 0.335 e. The molecule has 0 spiro atoms. The molecule has 0 bridgehead atoms. The summed E-state index contributed by atoms with van der Waals surface area (Å²) in [6.07, 6.45) is 0.401. The highest BCUT2D eigenvalue weighted by molar-refractivity contribution is 5.89. The average Bonchev–Trinajstić information content (AvgIpc) is 2.88. The second-order valence-corrected chi connectivity index (χ2v) is 8.83. The number of nitrogens with zero attached hydrogens (tertiary/aromatic N) is 1. The van der Waals surface area contributed by atoms with Gasteiger partial charge in [0.15, 0.2) is 11.6 Å². The van der Waals surface area contributed by atoms with Crippen LogP contribution in [-0.4, -0.2) is 30.3 Å². The van der Waals surface area contributed by atoms with Crippen LogP contribution < -0.4 is 15.0 Å². The van der Waals surface area contributed by atoms with Gasteiger partial charge in [-0.3, -0.25) is 0 Å². The molecule has 6 heteroatoms. The van der Waals surface area contributed by atoms with Crippen molar-refractivity contribution in [2.45, 2.75) is 25.5 Å². The molecule has 0 saturated heterocycles. The zero-order valence-electron chi connectivity index (χ0n) is 19.4. The maximum Gasteiger partial charge on any atom is 0.335 e. The summed E-state index contributed by atoms with van der Waals surface area (Å²) in [6, 6.07) is 26.3. The van der Waals surface area contributed by atoms with Crippen LogP contribution in [0.1, 0.15) is 35.3 Å². The average molecular weight is 471 g/mol. The van der Waals surface area contributed by atoms with Crippen molar-refractivity contribution < 1.29 is 19.0 Å². The van der Waals surface area contributed by atoms with E-state index in [4.69, 9.17) is 4.74 Å². The molecule has 0 radical (unpaired) electrons. The predicted molar refractivity (Wildman–Crippen MR) is 136 cm³/mol. The van der Waals surface area contributed by atoms with Crippen LogP contribution in [0.3, 0.4) is 0 Å². The fourth-order valence-corrected chi connectivity index (χ4v) is 4.73. The number of hydrogen-bond donors (Lipinski definition) is 2. The van der Waals surface area contributed by atoms with E-state index >= 15 is 0 Å². The van der Waals surface area contributed by atoms with Gasteiger partial charge in [0.2, 0.25) is 0 Å². The number of benzene rings is 4. The van der Waals surface area contributed by atoms with Crippen molar-refractivity contribution in [1.29, 1.82) is 0 Å². The highest BCUT2D eigenvalue weighted by Crippen LogP contribution is 2.40. The number of aromatic carboxylic acids is 1. The first-order valence-electron chi connectivity index (χ1n) is 11.8. The van der Waals surface area contributed by atoms with E-state index in [0.717, 1.165) is 0 Å². The molecular formula is C29H27FN2O3. The molecule has 1 heterocycles. The number of rotatable bonds is 7. The molecular weight excluding hydrogens is 443 g/mol. The van der Waals surface area contributed by atoms with E-state index in [2.05, 4.69) is 42.6 Å². The molecule has 35 heavy (non-hydrogen) atoms. The number of carboxylic acid groups (broad SMARTS) is 1. The molecule has 1 unspecified atom stereocenters. The summed E-state index contributed by atoms with van der Waals surface area (Å²) in [5.74, 6) is -1.22. The van der Waals surface area contributed by atoms with Crippen molar-refractivity contribution in [2.75, 3.05) is 18.0 Å². The first kappa shape index (κ1) is 22.9. The number of para-hydroxylation sites is 1. The normalized spacial score (nSPS) is 15.9. The van der Waals surface area contributed by atoms with Gasteiger partial charge in [-0.1, -0.05) is 54.6 Å². The summed E-state index contributed by atoms with van der Waals surface area (Å²) in [6.45, 7) is 3.31. The monoisotopic (exact) mass is 470 g/mol. The summed E-state index contributed by atoms with van der Waals surface area (Å²) in [4.78, 5) is 13.4. The summed E-state index contributed by atoms with van der Waals surface area (Å²) in [5, 5.41) is 15.4. The van der Waals surface area contributed by atoms with E-state index in [1.165, 1.54) is 22.4 Å². The third-order valence-electron chi connectivity index (χ3n) is 6.52. The minimum atomic E-state index is -0.997. The Kier molecular flexibility index (Phi) is 6.38. The van der Waals surface area contributed by atoms with E-state index in [-0.39, 0.29) is 23.5 Å². The Bertz CT molecular complexity index is 1370. The number of halogens is 1. The second kappa shape index (κ2) is 9.76. The Morgan fingerprint density at radius 3 is 2.71 bits per heavy atom. The number of fused-ring (bicyclic) bond motifs is 2. The van der Waals surface area contributed by atoms with Gasteiger partial charge in [0.1, 0.15) is 6.10 Å². The lowest BCUT2D eigenvalue weighted by Crippen LogP contribution is -2.39. The molecule has 1 aliphatic heterocycles. The highest BCUT2D eigenvalue weighted by Gasteiger charge is 2.29. The Morgan fingerprint density at radius 2 is 1.86 bits per heavy atom. The van der Waals surface area contributed by atoms with Crippen molar-refractivity contribution in [3.63, 3.8) is 0 Å². The molecule has 0 fully saturated rings. The van der Waals surface area contributed by atoms with Crippen LogP contribution in [0.4, 0.5) is 15.8 Å². The lowest BCUT2D eigenvalue weighted by Gasteiger charge is -2.36. The van der Waals surface area contributed by atoms with Crippen LogP contribution in [0, 0.1) is 5.82 Å². The molecule has 4 aromatic carbocycles. The lowest BCUT2D eigenvalue weighted by atomic mass is 9.99. The summed E-state index contributed by atoms with van der Waals surface area (Å²) in [5.41, 5.74) is 2.72. The van der Waals surface area contributed by atoms with Gasteiger partial charge >= 0.3 is 5.97 Å². The predicted octanol–water partition coefficient (Wildman–Crippen LogP) is 6.32. The summed E-state index contributed by atoms with van der Waals surface area (Å²) in [7, 11) is 0. The number of carboxylic acids is 1. The van der Waals surface area contributed by atoms with E-state index in [9.17, 15) is 14.3 Å². The largest absolute Gasteiger partial charge is 0.483 e. The van der Waals surface area contributed by atoms with Gasteiger partial charge in [-0.2, -0.15) is 0 Å². The van der Waals surface area contributed by atoms with Crippen molar-refractivity contribution in [2.24, 2.45) is 0 Å². The fourth-order valence-electron chi connectivity index (χ4n) is 4.73. The van der Waals surface area contributed by atoms with Gasteiger partial charge in [0.25, 0.3) is 0 Å². The lowest BCUT2D eigenvalue weighted by molar-refractivity contribution is 0.0697. The molecule has 0 aromatic heterocycles. The van der Waals surface area contributed by atoms with Crippen LogP contribution in [0.15, 0.2) is 84.9 Å². The Morgan fingerprint density at radius 1 is 1.09 bits per heavy atom. The molecule has 178 valence electrons. The molecule has 5 nitrogen and oxygen atoms in total. The van der Waals surface area contributed by atoms with Gasteiger partial charge in [-0.15, -0.1) is 0 Å². The third kappa shape index (κ3) is 4.70. The maximum absolute atomic E-state index is 14.7. The van der Waals surface area contributed by atoms with E-state index in [0.29, 0.717) is 30.9 Å². The number of anilines is 2. The van der Waals surface area contributed by atoms with Crippen LogP contribution in [0.5, 0.6) is 5.75 Å². The number of hydrogen-bond acceptors (Lipinski definition) is 4. The zero-order chi connectivity index (χ0) is 24.4. The van der Waals surface area contributed by atoms with E-state index < -0.39 is 11.8 Å². The molecule has 5 rings (SSSR count). The molecule has 4 aromatic rings. The molecule has 2 atom stereocenters. The first-order valence-corrected chi connectivity index (χ1v) is 11.8. The number of nitrogens with one attached hydrogen (secondary N) is 1. The second-order valence-electron chi connectivity index (χ2n) is 8.83. The standard InChI is InChI=1S/C29H27FN2O3/c1-19(24-12-5-8-20-7-2-3-11-25(20)24)31-16-15-23-18-32(22-10-4-9-21(17-22)29(33)34)27-14-6-13-26(30)28(27)35-23/h2-14,17,19,23,31H,15-16,18H2,1H3,(H,33,34)/t19-,23?/m1/s1.